The van der Waals surface area contributed by atoms with Gasteiger partial charge in [-0.25, -0.2) is 0 Å². The van der Waals surface area contributed by atoms with Crippen molar-refractivity contribution in [3.8, 4) is 0 Å². The fraction of sp³-hybridized carbons (Fsp3) is 0.700. The Labute approximate surface area is 142 Å². The van der Waals surface area contributed by atoms with E-state index in [1.165, 1.54) is 31.5 Å². The number of aliphatic hydroxyl groups excluding tert-OH is 1. The van der Waals surface area contributed by atoms with Crippen LogP contribution in [0.1, 0.15) is 45.1 Å². The van der Waals surface area contributed by atoms with E-state index in [1.807, 2.05) is 0 Å². The van der Waals surface area contributed by atoms with Crippen molar-refractivity contribution >= 4 is 0 Å². The molecule has 130 valence electrons. The first kappa shape index (κ1) is 18.4. The van der Waals surface area contributed by atoms with E-state index < -0.39 is 0 Å². The maximum absolute atomic E-state index is 9.84. The number of hydrogen-bond donors (Lipinski definition) is 2. The molecule has 1 fully saturated rings. The summed E-state index contributed by atoms with van der Waals surface area (Å²) in [5.41, 5.74) is 1.19. The van der Waals surface area contributed by atoms with Crippen LogP contribution in [0.2, 0.25) is 0 Å². The topological polar surface area (TPSA) is 35.5 Å². The molecule has 1 heterocycles. The van der Waals surface area contributed by atoms with Gasteiger partial charge in [0.15, 0.2) is 0 Å². The lowest BCUT2D eigenvalue weighted by molar-refractivity contribution is 0.123. The summed E-state index contributed by atoms with van der Waals surface area (Å²) in [5.74, 6) is 1.09. The summed E-state index contributed by atoms with van der Waals surface area (Å²) in [7, 11) is 2.21. The number of likely N-dealkylation sites (tertiary alicyclic amines) is 1. The van der Waals surface area contributed by atoms with Crippen LogP contribution in [0.4, 0.5) is 0 Å². The Morgan fingerprint density at radius 2 is 1.83 bits per heavy atom. The molecule has 3 nitrogen and oxygen atoms in total. The molecule has 0 radical (unpaired) electrons. The first-order chi connectivity index (χ1) is 10.9. The molecule has 1 aliphatic heterocycles. The van der Waals surface area contributed by atoms with Crippen LogP contribution in [-0.4, -0.2) is 49.3 Å². The predicted octanol–water partition coefficient (Wildman–Crippen LogP) is 3.11. The Balaban J connectivity index is 1.98. The van der Waals surface area contributed by atoms with Gasteiger partial charge >= 0.3 is 0 Å². The normalized spacial score (nSPS) is 20.4. The molecule has 2 rings (SSSR count). The van der Waals surface area contributed by atoms with Crippen molar-refractivity contribution in [3.63, 3.8) is 0 Å². The zero-order chi connectivity index (χ0) is 16.9. The molecule has 1 aliphatic rings. The van der Waals surface area contributed by atoms with Crippen molar-refractivity contribution in [2.45, 2.75) is 45.6 Å². The average molecular weight is 319 g/mol. The number of aliphatic hydroxyl groups is 1. The van der Waals surface area contributed by atoms with E-state index in [4.69, 9.17) is 0 Å². The summed E-state index contributed by atoms with van der Waals surface area (Å²) in [4.78, 5) is 2.42. The Bertz CT molecular complexity index is 452. The fourth-order valence-corrected chi connectivity index (χ4v) is 3.64. The lowest BCUT2D eigenvalue weighted by Crippen LogP contribution is -2.44. The highest BCUT2D eigenvalue weighted by molar-refractivity contribution is 5.22. The van der Waals surface area contributed by atoms with Crippen molar-refractivity contribution in [2.75, 3.05) is 33.3 Å². The third kappa shape index (κ3) is 5.03. The van der Waals surface area contributed by atoms with Gasteiger partial charge in [-0.05, 0) is 56.8 Å². The summed E-state index contributed by atoms with van der Waals surface area (Å²) in [6, 6.07) is 11.1. The first-order valence-corrected chi connectivity index (χ1v) is 9.02. The van der Waals surface area contributed by atoms with Crippen LogP contribution in [0.15, 0.2) is 30.3 Å². The monoisotopic (exact) mass is 318 g/mol. The zero-order valence-corrected chi connectivity index (χ0v) is 15.3. The van der Waals surface area contributed by atoms with Crippen molar-refractivity contribution in [3.05, 3.63) is 35.9 Å². The lowest BCUT2D eigenvalue weighted by atomic mass is 9.75. The average Bonchev–Trinajstić information content (AvgIpc) is 2.56. The SMILES string of the molecule is CC(NCC(c1ccccc1)C(C)(C)CO)C1CCN(C)CC1. The minimum Gasteiger partial charge on any atom is -0.396 e. The summed E-state index contributed by atoms with van der Waals surface area (Å²) in [6.07, 6.45) is 2.56. The molecule has 0 spiro atoms. The van der Waals surface area contributed by atoms with Crippen molar-refractivity contribution < 1.29 is 5.11 Å². The third-order valence-corrected chi connectivity index (χ3v) is 5.67. The standard InChI is InChI=1S/C20H34N2O/c1-16(17-10-12-22(4)13-11-17)21-14-19(20(2,3)15-23)18-8-6-5-7-9-18/h5-9,16-17,19,21,23H,10-15H2,1-4H3. The van der Waals surface area contributed by atoms with E-state index in [0.29, 0.717) is 12.0 Å². The van der Waals surface area contributed by atoms with Crippen LogP contribution in [-0.2, 0) is 0 Å². The van der Waals surface area contributed by atoms with Gasteiger partial charge in [0.2, 0.25) is 0 Å². The lowest BCUT2D eigenvalue weighted by Gasteiger charge is -2.37. The smallest absolute Gasteiger partial charge is 0.0488 e. The van der Waals surface area contributed by atoms with Gasteiger partial charge in [0.05, 0.1) is 0 Å². The van der Waals surface area contributed by atoms with E-state index >= 15 is 0 Å². The molecule has 0 amide bonds. The largest absolute Gasteiger partial charge is 0.396 e. The van der Waals surface area contributed by atoms with Crippen LogP contribution in [0.25, 0.3) is 0 Å². The molecule has 23 heavy (non-hydrogen) atoms. The maximum Gasteiger partial charge on any atom is 0.0488 e. The van der Waals surface area contributed by atoms with Gasteiger partial charge < -0.3 is 15.3 Å². The number of nitrogens with zero attached hydrogens (tertiary/aromatic N) is 1. The maximum atomic E-state index is 9.84. The second-order valence-corrected chi connectivity index (χ2v) is 7.95. The van der Waals surface area contributed by atoms with Crippen molar-refractivity contribution in [1.29, 1.82) is 0 Å². The molecule has 0 aliphatic carbocycles. The summed E-state index contributed by atoms with van der Waals surface area (Å²) in [6.45, 7) is 10.2. The van der Waals surface area contributed by atoms with Crippen molar-refractivity contribution in [1.82, 2.24) is 10.2 Å². The van der Waals surface area contributed by atoms with Gasteiger partial charge in [-0.1, -0.05) is 44.2 Å². The third-order valence-electron chi connectivity index (χ3n) is 5.67. The second-order valence-electron chi connectivity index (χ2n) is 7.95. The fourth-order valence-electron chi connectivity index (χ4n) is 3.64. The van der Waals surface area contributed by atoms with E-state index in [2.05, 4.69) is 68.4 Å². The molecular weight excluding hydrogens is 284 g/mol. The summed E-state index contributed by atoms with van der Waals surface area (Å²) >= 11 is 0. The van der Waals surface area contributed by atoms with Gasteiger partial charge in [0.1, 0.15) is 0 Å². The predicted molar refractivity (Wildman–Crippen MR) is 97.7 cm³/mol. The Kier molecular flexibility index (Phi) is 6.63. The zero-order valence-electron chi connectivity index (χ0n) is 15.3. The van der Waals surface area contributed by atoms with Crippen LogP contribution >= 0.6 is 0 Å². The Hall–Kier alpha value is -0.900. The molecule has 2 atom stereocenters. The van der Waals surface area contributed by atoms with Crippen LogP contribution < -0.4 is 5.32 Å². The molecule has 2 N–H and O–H groups in total. The minimum absolute atomic E-state index is 0.124. The quantitative estimate of drug-likeness (QED) is 0.811. The van der Waals surface area contributed by atoms with Gasteiger partial charge in [-0.2, -0.15) is 0 Å². The molecule has 0 bridgehead atoms. The highest BCUT2D eigenvalue weighted by Crippen LogP contribution is 2.35. The van der Waals surface area contributed by atoms with Gasteiger partial charge in [-0.3, -0.25) is 0 Å². The molecular formula is C20H34N2O. The molecule has 1 aromatic carbocycles. The molecule has 3 heteroatoms. The van der Waals surface area contributed by atoms with Gasteiger partial charge in [-0.15, -0.1) is 0 Å². The molecule has 1 saturated heterocycles. The van der Waals surface area contributed by atoms with Crippen LogP contribution in [0.3, 0.4) is 0 Å². The summed E-state index contributed by atoms with van der Waals surface area (Å²) < 4.78 is 0. The number of benzene rings is 1. The minimum atomic E-state index is -0.124. The number of piperidine rings is 1. The Morgan fingerprint density at radius 1 is 1.22 bits per heavy atom. The summed E-state index contributed by atoms with van der Waals surface area (Å²) in [5, 5.41) is 13.6. The van der Waals surface area contributed by atoms with E-state index in [9.17, 15) is 5.11 Å². The van der Waals surface area contributed by atoms with Crippen LogP contribution in [0.5, 0.6) is 0 Å². The van der Waals surface area contributed by atoms with Gasteiger partial charge in [0.25, 0.3) is 0 Å². The van der Waals surface area contributed by atoms with Gasteiger partial charge in [0, 0.05) is 25.1 Å². The number of nitrogens with one attached hydrogen (secondary N) is 1. The second kappa shape index (κ2) is 8.27. The molecule has 2 unspecified atom stereocenters. The highest BCUT2D eigenvalue weighted by atomic mass is 16.3. The molecule has 0 saturated carbocycles. The number of hydrogen-bond acceptors (Lipinski definition) is 3. The van der Waals surface area contributed by atoms with E-state index in [-0.39, 0.29) is 12.0 Å². The first-order valence-electron chi connectivity index (χ1n) is 9.02. The van der Waals surface area contributed by atoms with E-state index in [0.717, 1.165) is 12.5 Å². The highest BCUT2D eigenvalue weighted by Gasteiger charge is 2.31. The number of rotatable bonds is 7. The van der Waals surface area contributed by atoms with Crippen LogP contribution in [0, 0.1) is 11.3 Å². The molecule has 0 aromatic heterocycles. The molecule has 1 aromatic rings. The van der Waals surface area contributed by atoms with Crippen molar-refractivity contribution in [2.24, 2.45) is 11.3 Å². The Morgan fingerprint density at radius 3 is 2.39 bits per heavy atom. The van der Waals surface area contributed by atoms with E-state index in [1.54, 1.807) is 0 Å².